The van der Waals surface area contributed by atoms with Crippen molar-refractivity contribution in [2.24, 2.45) is 5.92 Å². The number of aromatic amines is 1. The zero-order chi connectivity index (χ0) is 17.1. The van der Waals surface area contributed by atoms with Crippen molar-refractivity contribution in [2.45, 2.75) is 31.8 Å². The molecule has 2 N–H and O–H groups in total. The van der Waals surface area contributed by atoms with Crippen LogP contribution in [0.25, 0.3) is 11.5 Å². The van der Waals surface area contributed by atoms with Crippen molar-refractivity contribution >= 4 is 5.91 Å². The van der Waals surface area contributed by atoms with Crippen LogP contribution in [-0.4, -0.2) is 40.6 Å². The average molecular weight is 330 g/mol. The van der Waals surface area contributed by atoms with Crippen LogP contribution in [0.2, 0.25) is 0 Å². The van der Waals surface area contributed by atoms with Crippen molar-refractivity contribution in [1.82, 2.24) is 9.88 Å². The van der Waals surface area contributed by atoms with Gasteiger partial charge in [-0.1, -0.05) is 12.8 Å². The number of nitrogens with zero attached hydrogens (tertiary/aromatic N) is 1. The summed E-state index contributed by atoms with van der Waals surface area (Å²) in [6.45, 7) is 0.458. The van der Waals surface area contributed by atoms with E-state index in [9.17, 15) is 14.7 Å². The third kappa shape index (κ3) is 3.43. The van der Waals surface area contributed by atoms with Gasteiger partial charge in [0.15, 0.2) is 0 Å². The summed E-state index contributed by atoms with van der Waals surface area (Å²) in [5.41, 5.74) is 0.190. The smallest absolute Gasteiger partial charge is 0.261 e. The Morgan fingerprint density at radius 2 is 2.12 bits per heavy atom. The number of aliphatic hydroxyl groups is 1. The molecule has 0 saturated heterocycles. The molecular formula is C18H22N2O4. The molecule has 0 aliphatic heterocycles. The number of amides is 1. The van der Waals surface area contributed by atoms with Crippen molar-refractivity contribution < 1.29 is 14.3 Å². The molecule has 1 amide bonds. The molecular weight excluding hydrogens is 308 g/mol. The SMILES string of the molecule is CN(CC1CCCCC1O)C(=O)c1ccc(-c2ccco2)[nH]c1=O. The van der Waals surface area contributed by atoms with Gasteiger partial charge in [0.05, 0.1) is 18.1 Å². The number of rotatable bonds is 4. The van der Waals surface area contributed by atoms with E-state index in [0.29, 0.717) is 18.0 Å². The fraction of sp³-hybridized carbons (Fsp3) is 0.444. The summed E-state index contributed by atoms with van der Waals surface area (Å²) in [7, 11) is 1.67. The molecule has 2 aromatic rings. The quantitative estimate of drug-likeness (QED) is 0.900. The number of furan rings is 1. The van der Waals surface area contributed by atoms with Crippen LogP contribution in [0.1, 0.15) is 36.0 Å². The molecule has 0 aromatic carbocycles. The molecule has 1 aliphatic carbocycles. The summed E-state index contributed by atoms with van der Waals surface area (Å²) in [4.78, 5) is 29.0. The zero-order valence-electron chi connectivity index (χ0n) is 13.7. The molecule has 3 rings (SSSR count). The van der Waals surface area contributed by atoms with Gasteiger partial charge in [-0.3, -0.25) is 9.59 Å². The number of aliphatic hydroxyl groups excluding tert-OH is 1. The summed E-state index contributed by atoms with van der Waals surface area (Å²) < 4.78 is 5.24. The van der Waals surface area contributed by atoms with Gasteiger partial charge in [0, 0.05) is 19.5 Å². The van der Waals surface area contributed by atoms with Crippen LogP contribution in [0.15, 0.2) is 39.7 Å². The molecule has 1 saturated carbocycles. The summed E-state index contributed by atoms with van der Waals surface area (Å²) >= 11 is 0. The van der Waals surface area contributed by atoms with Crippen LogP contribution in [0, 0.1) is 5.92 Å². The Balaban J connectivity index is 1.73. The topological polar surface area (TPSA) is 86.5 Å². The third-order valence-electron chi connectivity index (χ3n) is 4.65. The number of pyridine rings is 1. The minimum Gasteiger partial charge on any atom is -0.463 e. The second kappa shape index (κ2) is 7.05. The molecule has 6 heteroatoms. The third-order valence-corrected chi connectivity index (χ3v) is 4.65. The fourth-order valence-electron chi connectivity index (χ4n) is 3.26. The highest BCUT2D eigenvalue weighted by Crippen LogP contribution is 2.25. The van der Waals surface area contributed by atoms with Gasteiger partial charge in [0.25, 0.3) is 11.5 Å². The highest BCUT2D eigenvalue weighted by molar-refractivity contribution is 5.93. The lowest BCUT2D eigenvalue weighted by atomic mass is 9.86. The van der Waals surface area contributed by atoms with Crippen molar-refractivity contribution in [3.8, 4) is 11.5 Å². The molecule has 24 heavy (non-hydrogen) atoms. The zero-order valence-corrected chi connectivity index (χ0v) is 13.7. The number of carbonyl (C=O) groups is 1. The average Bonchev–Trinajstić information content (AvgIpc) is 3.11. The maximum absolute atomic E-state index is 12.5. The number of hydrogen-bond acceptors (Lipinski definition) is 4. The largest absolute Gasteiger partial charge is 0.463 e. The Kier molecular flexibility index (Phi) is 4.85. The van der Waals surface area contributed by atoms with Crippen LogP contribution in [0.3, 0.4) is 0 Å². The van der Waals surface area contributed by atoms with Gasteiger partial charge in [0.2, 0.25) is 0 Å². The van der Waals surface area contributed by atoms with Gasteiger partial charge >= 0.3 is 0 Å². The lowest BCUT2D eigenvalue weighted by molar-refractivity contribution is 0.0450. The molecule has 128 valence electrons. The van der Waals surface area contributed by atoms with Crippen molar-refractivity contribution in [2.75, 3.05) is 13.6 Å². The normalized spacial score (nSPS) is 20.8. The highest BCUT2D eigenvalue weighted by Gasteiger charge is 2.26. The van der Waals surface area contributed by atoms with Gasteiger partial charge in [0.1, 0.15) is 11.3 Å². The molecule has 0 radical (unpaired) electrons. The van der Waals surface area contributed by atoms with E-state index < -0.39 is 5.56 Å². The standard InChI is InChI=1S/C18H22N2O4/c1-20(11-12-5-2-3-6-15(12)21)18(23)13-8-9-14(19-17(13)22)16-7-4-10-24-16/h4,7-10,12,15,21H,2-3,5-6,11H2,1H3,(H,19,22). The molecule has 6 nitrogen and oxygen atoms in total. The molecule has 0 spiro atoms. The fourth-order valence-corrected chi connectivity index (χ4v) is 3.26. The minimum atomic E-state index is -0.440. The van der Waals surface area contributed by atoms with Crippen LogP contribution in [-0.2, 0) is 0 Å². The van der Waals surface area contributed by atoms with Gasteiger partial charge in [-0.15, -0.1) is 0 Å². The molecule has 1 fully saturated rings. The highest BCUT2D eigenvalue weighted by atomic mass is 16.3. The van der Waals surface area contributed by atoms with Crippen LogP contribution in [0.4, 0.5) is 0 Å². The maximum atomic E-state index is 12.5. The summed E-state index contributed by atoms with van der Waals surface area (Å²) in [6, 6.07) is 6.66. The first kappa shape index (κ1) is 16.5. The second-order valence-corrected chi connectivity index (χ2v) is 6.39. The lowest BCUT2D eigenvalue weighted by Crippen LogP contribution is -2.39. The number of nitrogens with one attached hydrogen (secondary N) is 1. The van der Waals surface area contributed by atoms with E-state index in [0.717, 1.165) is 25.7 Å². The van der Waals surface area contributed by atoms with Gasteiger partial charge in [-0.25, -0.2) is 0 Å². The number of aromatic nitrogens is 1. The number of carbonyl (C=O) groups excluding carboxylic acids is 1. The first-order valence-electron chi connectivity index (χ1n) is 8.27. The van der Waals surface area contributed by atoms with Crippen molar-refractivity contribution in [1.29, 1.82) is 0 Å². The Morgan fingerprint density at radius 1 is 1.33 bits per heavy atom. The Bertz CT molecular complexity index is 751. The van der Waals surface area contributed by atoms with Gasteiger partial charge in [-0.2, -0.15) is 0 Å². The van der Waals surface area contributed by atoms with Crippen LogP contribution >= 0.6 is 0 Å². The summed E-state index contributed by atoms with van der Waals surface area (Å²) in [5.74, 6) is 0.291. The van der Waals surface area contributed by atoms with E-state index in [1.165, 1.54) is 17.2 Å². The second-order valence-electron chi connectivity index (χ2n) is 6.39. The van der Waals surface area contributed by atoms with Crippen molar-refractivity contribution in [3.63, 3.8) is 0 Å². The van der Waals surface area contributed by atoms with E-state index in [1.807, 2.05) is 0 Å². The van der Waals surface area contributed by atoms with Crippen LogP contribution < -0.4 is 5.56 Å². The first-order valence-corrected chi connectivity index (χ1v) is 8.27. The minimum absolute atomic E-state index is 0.0779. The Hall–Kier alpha value is -2.34. The molecule has 2 aromatic heterocycles. The van der Waals surface area contributed by atoms with Gasteiger partial charge in [-0.05, 0) is 37.1 Å². The summed E-state index contributed by atoms with van der Waals surface area (Å²) in [5, 5.41) is 10.1. The van der Waals surface area contributed by atoms with E-state index in [2.05, 4.69) is 4.98 Å². The first-order chi connectivity index (χ1) is 11.6. The Morgan fingerprint density at radius 3 is 2.79 bits per heavy atom. The lowest BCUT2D eigenvalue weighted by Gasteiger charge is -2.31. The molecule has 2 heterocycles. The van der Waals surface area contributed by atoms with Gasteiger partial charge < -0.3 is 19.4 Å². The van der Waals surface area contributed by atoms with E-state index >= 15 is 0 Å². The Labute approximate surface area is 140 Å². The van der Waals surface area contributed by atoms with Crippen molar-refractivity contribution in [3.05, 3.63) is 46.4 Å². The monoisotopic (exact) mass is 330 g/mol. The number of hydrogen-bond donors (Lipinski definition) is 2. The van der Waals surface area contributed by atoms with E-state index in [-0.39, 0.29) is 23.5 Å². The molecule has 2 unspecified atom stereocenters. The van der Waals surface area contributed by atoms with Crippen LogP contribution in [0.5, 0.6) is 0 Å². The molecule has 0 bridgehead atoms. The van der Waals surface area contributed by atoms with E-state index in [1.54, 1.807) is 25.2 Å². The predicted octanol–water partition coefficient (Wildman–Crippen LogP) is 2.26. The van der Waals surface area contributed by atoms with E-state index in [4.69, 9.17) is 4.42 Å². The molecule has 2 atom stereocenters. The number of H-pyrrole nitrogens is 1. The maximum Gasteiger partial charge on any atom is 0.261 e. The summed E-state index contributed by atoms with van der Waals surface area (Å²) in [6.07, 6.45) is 4.95. The predicted molar refractivity (Wildman–Crippen MR) is 89.7 cm³/mol. The molecule has 1 aliphatic rings.